The summed E-state index contributed by atoms with van der Waals surface area (Å²) in [5.41, 5.74) is 0.589. The predicted molar refractivity (Wildman–Crippen MR) is 81.0 cm³/mol. The van der Waals surface area contributed by atoms with Crippen LogP contribution in [0.1, 0.15) is 19.8 Å². The zero-order valence-electron chi connectivity index (χ0n) is 12.4. The first kappa shape index (κ1) is 16.4. The van der Waals surface area contributed by atoms with Crippen LogP contribution in [0.5, 0.6) is 5.75 Å². The lowest BCUT2D eigenvalue weighted by Gasteiger charge is -2.20. The molecule has 0 aromatic heterocycles. The van der Waals surface area contributed by atoms with Crippen molar-refractivity contribution in [3.05, 3.63) is 24.3 Å². The minimum atomic E-state index is -3.42. The van der Waals surface area contributed by atoms with E-state index in [1.54, 1.807) is 24.3 Å². The molecule has 1 saturated heterocycles. The predicted octanol–water partition coefficient (Wildman–Crippen LogP) is 0.974. The fourth-order valence-electron chi connectivity index (χ4n) is 2.37. The van der Waals surface area contributed by atoms with Crippen LogP contribution in [0.4, 0.5) is 5.69 Å². The number of benzene rings is 1. The Morgan fingerprint density at radius 2 is 1.91 bits per heavy atom. The highest BCUT2D eigenvalue weighted by atomic mass is 32.2. The maximum atomic E-state index is 12.1. The van der Waals surface area contributed by atoms with E-state index in [9.17, 15) is 18.0 Å². The van der Waals surface area contributed by atoms with Crippen LogP contribution in [-0.4, -0.2) is 43.4 Å². The number of sulfonamides is 1. The molecule has 0 aliphatic carbocycles. The molecular weight excluding hydrogens is 308 g/mol. The van der Waals surface area contributed by atoms with Crippen molar-refractivity contribution in [3.63, 3.8) is 0 Å². The van der Waals surface area contributed by atoms with Crippen molar-refractivity contribution in [2.24, 2.45) is 0 Å². The summed E-state index contributed by atoms with van der Waals surface area (Å²) < 4.78 is 29.6. The van der Waals surface area contributed by atoms with Crippen molar-refractivity contribution in [1.29, 1.82) is 0 Å². The molecule has 0 spiro atoms. The molecule has 2 rings (SSSR count). The van der Waals surface area contributed by atoms with E-state index in [1.807, 2.05) is 0 Å². The van der Waals surface area contributed by atoms with Crippen LogP contribution >= 0.6 is 0 Å². The number of carbonyl (C=O) groups excluding carboxylic acids is 2. The molecule has 1 aliphatic heterocycles. The van der Waals surface area contributed by atoms with Crippen LogP contribution in [0, 0.1) is 0 Å². The first-order valence-corrected chi connectivity index (χ1v) is 8.68. The third kappa shape index (κ3) is 4.05. The molecule has 0 bridgehead atoms. The van der Waals surface area contributed by atoms with E-state index in [-0.39, 0.29) is 5.91 Å². The number of rotatable bonds is 4. The Hall–Kier alpha value is -1.93. The van der Waals surface area contributed by atoms with Gasteiger partial charge in [-0.1, -0.05) is 0 Å². The van der Waals surface area contributed by atoms with Gasteiger partial charge in [0.15, 0.2) is 0 Å². The number of hydrogen-bond acceptors (Lipinski definition) is 5. The van der Waals surface area contributed by atoms with Crippen LogP contribution in [0.2, 0.25) is 0 Å². The van der Waals surface area contributed by atoms with E-state index < -0.39 is 22.0 Å². The Labute approximate surface area is 129 Å². The van der Waals surface area contributed by atoms with Gasteiger partial charge in [0.2, 0.25) is 15.9 Å². The summed E-state index contributed by atoms with van der Waals surface area (Å²) in [4.78, 5) is 23.1. The van der Waals surface area contributed by atoms with E-state index in [0.29, 0.717) is 30.8 Å². The Morgan fingerprint density at radius 1 is 1.27 bits per heavy atom. The monoisotopic (exact) mass is 326 g/mol. The third-order valence-corrected chi connectivity index (χ3v) is 4.58. The third-order valence-electron chi connectivity index (χ3n) is 3.29. The minimum Gasteiger partial charge on any atom is -0.425 e. The number of ether oxygens (including phenoxy) is 1. The van der Waals surface area contributed by atoms with Gasteiger partial charge in [-0.3, -0.25) is 4.79 Å². The summed E-state index contributed by atoms with van der Waals surface area (Å²) >= 11 is 0. The zero-order valence-corrected chi connectivity index (χ0v) is 13.2. The Bertz CT molecular complexity index is 669. The maximum absolute atomic E-state index is 12.1. The Balaban J connectivity index is 2.04. The van der Waals surface area contributed by atoms with Gasteiger partial charge in [0, 0.05) is 19.2 Å². The van der Waals surface area contributed by atoms with Gasteiger partial charge in [-0.05, 0) is 37.1 Å². The van der Waals surface area contributed by atoms with Gasteiger partial charge in [-0.25, -0.2) is 13.2 Å². The number of nitrogens with one attached hydrogen (secondary N) is 1. The molecule has 1 N–H and O–H groups in total. The summed E-state index contributed by atoms with van der Waals surface area (Å²) in [7, 11) is -3.42. The quantitative estimate of drug-likeness (QED) is 0.657. The number of amides is 1. The summed E-state index contributed by atoms with van der Waals surface area (Å²) in [6.45, 7) is 1.73. The van der Waals surface area contributed by atoms with Gasteiger partial charge in [-0.2, -0.15) is 4.31 Å². The van der Waals surface area contributed by atoms with Crippen molar-refractivity contribution >= 4 is 27.6 Å². The summed E-state index contributed by atoms with van der Waals surface area (Å²) in [5.74, 6) is -0.478. The number of anilines is 1. The molecule has 1 aliphatic rings. The van der Waals surface area contributed by atoms with E-state index in [4.69, 9.17) is 4.74 Å². The number of nitrogens with zero attached hydrogens (tertiary/aromatic N) is 1. The average Bonchev–Trinajstić information content (AvgIpc) is 2.89. The van der Waals surface area contributed by atoms with Crippen molar-refractivity contribution in [3.8, 4) is 5.75 Å². The highest BCUT2D eigenvalue weighted by Gasteiger charge is 2.37. The van der Waals surface area contributed by atoms with Crippen LogP contribution in [0.25, 0.3) is 0 Å². The van der Waals surface area contributed by atoms with Gasteiger partial charge < -0.3 is 10.1 Å². The molecule has 1 fully saturated rings. The molecule has 1 aromatic rings. The smallest absolute Gasteiger partial charge is 0.329 e. The van der Waals surface area contributed by atoms with Crippen molar-refractivity contribution in [2.75, 3.05) is 18.1 Å². The van der Waals surface area contributed by atoms with Crippen LogP contribution < -0.4 is 10.1 Å². The van der Waals surface area contributed by atoms with Gasteiger partial charge in [0.05, 0.1) is 6.26 Å². The minimum absolute atomic E-state index is 0.195. The van der Waals surface area contributed by atoms with Gasteiger partial charge in [0.1, 0.15) is 11.8 Å². The molecule has 1 heterocycles. The number of hydrogen-bond donors (Lipinski definition) is 1. The summed E-state index contributed by atoms with van der Waals surface area (Å²) in [5, 5.41) is 2.60. The molecule has 0 unspecified atom stereocenters. The molecule has 1 atom stereocenters. The fourth-order valence-corrected chi connectivity index (χ4v) is 3.48. The van der Waals surface area contributed by atoms with Crippen LogP contribution in [0.3, 0.4) is 0 Å². The standard InChI is InChI=1S/C14H18N2O5S/c1-10(17)15-11-5-7-12(8-6-11)21-14(18)13-4-3-9-16(13)22(2,19)20/h5-8,13H,3-4,9H2,1-2H3,(H,15,17)/t13-/m1/s1. The van der Waals surface area contributed by atoms with Gasteiger partial charge >= 0.3 is 5.97 Å². The maximum Gasteiger partial charge on any atom is 0.329 e. The summed E-state index contributed by atoms with van der Waals surface area (Å²) in [6, 6.07) is 5.52. The molecule has 1 amide bonds. The molecule has 8 heteroatoms. The second-order valence-electron chi connectivity index (χ2n) is 5.16. The van der Waals surface area contributed by atoms with Crippen LogP contribution in [-0.2, 0) is 19.6 Å². The second kappa shape index (κ2) is 6.45. The molecule has 1 aromatic carbocycles. The van der Waals surface area contributed by atoms with Crippen molar-refractivity contribution < 1.29 is 22.7 Å². The number of carbonyl (C=O) groups is 2. The molecule has 0 radical (unpaired) electrons. The highest BCUT2D eigenvalue weighted by Crippen LogP contribution is 2.23. The van der Waals surface area contributed by atoms with E-state index in [2.05, 4.69) is 5.32 Å². The first-order valence-electron chi connectivity index (χ1n) is 6.83. The lowest BCUT2D eigenvalue weighted by molar-refractivity contribution is -0.138. The highest BCUT2D eigenvalue weighted by molar-refractivity contribution is 7.88. The second-order valence-corrected chi connectivity index (χ2v) is 7.09. The Kier molecular flexibility index (Phi) is 4.82. The molecule has 22 heavy (non-hydrogen) atoms. The number of esters is 1. The molecule has 120 valence electrons. The SMILES string of the molecule is CC(=O)Nc1ccc(OC(=O)[C@H]2CCCN2S(C)(=O)=O)cc1. The van der Waals surface area contributed by atoms with Crippen molar-refractivity contribution in [1.82, 2.24) is 4.31 Å². The topological polar surface area (TPSA) is 92.8 Å². The van der Waals surface area contributed by atoms with Crippen molar-refractivity contribution in [2.45, 2.75) is 25.8 Å². The van der Waals surface area contributed by atoms with E-state index in [1.165, 1.54) is 11.2 Å². The summed E-state index contributed by atoms with van der Waals surface area (Å²) in [6.07, 6.45) is 2.17. The fraction of sp³-hybridized carbons (Fsp3) is 0.429. The first-order chi connectivity index (χ1) is 10.3. The zero-order chi connectivity index (χ0) is 16.3. The molecule has 0 saturated carbocycles. The lowest BCUT2D eigenvalue weighted by atomic mass is 10.2. The van der Waals surface area contributed by atoms with Crippen LogP contribution in [0.15, 0.2) is 24.3 Å². The van der Waals surface area contributed by atoms with E-state index >= 15 is 0 Å². The normalized spacial score (nSPS) is 18.9. The lowest BCUT2D eigenvalue weighted by Crippen LogP contribution is -2.41. The largest absolute Gasteiger partial charge is 0.425 e. The average molecular weight is 326 g/mol. The molecule has 7 nitrogen and oxygen atoms in total. The molecular formula is C14H18N2O5S. The van der Waals surface area contributed by atoms with Gasteiger partial charge in [-0.15, -0.1) is 0 Å². The van der Waals surface area contributed by atoms with Gasteiger partial charge in [0.25, 0.3) is 0 Å². The Morgan fingerprint density at radius 3 is 2.45 bits per heavy atom. The van der Waals surface area contributed by atoms with E-state index in [0.717, 1.165) is 6.26 Å².